The normalized spacial score (nSPS) is 12.1. The maximum absolute atomic E-state index is 10.6. The van der Waals surface area contributed by atoms with Crippen molar-refractivity contribution in [2.45, 2.75) is 24.0 Å². The number of methoxy groups -OCH3 is 1. The van der Waals surface area contributed by atoms with E-state index in [-0.39, 0.29) is 4.78 Å². The number of carbonyl (C=O) groups is 1. The first-order chi connectivity index (χ1) is 7.63. The van der Waals surface area contributed by atoms with E-state index in [0.29, 0.717) is 6.42 Å². The molecule has 2 radical (unpaired) electrons. The number of aryl methyl sites for hydroxylation is 1. The number of hydrogen-bond donors (Lipinski definition) is 1. The molecule has 1 aromatic rings. The highest BCUT2D eigenvalue weighted by Gasteiger charge is 2.08. The van der Waals surface area contributed by atoms with Gasteiger partial charge in [-0.1, -0.05) is 18.6 Å². The highest BCUT2D eigenvalue weighted by atomic mass is 27.0. The van der Waals surface area contributed by atoms with Crippen LogP contribution in [0.5, 0.6) is 5.75 Å². The Morgan fingerprint density at radius 1 is 1.56 bits per heavy atom. The van der Waals surface area contributed by atoms with E-state index in [1.165, 1.54) is 5.56 Å². The minimum absolute atomic E-state index is 0.342. The van der Waals surface area contributed by atoms with E-state index in [1.807, 2.05) is 24.3 Å². The Labute approximate surface area is 104 Å². The van der Waals surface area contributed by atoms with Gasteiger partial charge in [0.25, 0.3) is 5.97 Å². The van der Waals surface area contributed by atoms with Gasteiger partial charge < -0.3 is 9.84 Å². The summed E-state index contributed by atoms with van der Waals surface area (Å²) in [5.74, 6) is 0.0915. The average molecular weight is 234 g/mol. The number of carboxylic acid groups (broad SMARTS) is 1. The SMILES string of the molecule is COc1cccc(CCC[CH]([Al])C(=O)O)c1. The highest BCUT2D eigenvalue weighted by molar-refractivity contribution is 6.22. The third-order valence-corrected chi connectivity index (χ3v) is 3.05. The zero-order valence-electron chi connectivity index (χ0n) is 9.35. The van der Waals surface area contributed by atoms with Crippen molar-refractivity contribution < 1.29 is 14.6 Å². The van der Waals surface area contributed by atoms with Crippen LogP contribution in [0.15, 0.2) is 24.3 Å². The van der Waals surface area contributed by atoms with Crippen LogP contribution in [0.3, 0.4) is 0 Å². The van der Waals surface area contributed by atoms with Crippen molar-refractivity contribution in [3.8, 4) is 5.75 Å². The monoisotopic (exact) mass is 234 g/mol. The van der Waals surface area contributed by atoms with E-state index in [1.54, 1.807) is 7.11 Å². The second kappa shape index (κ2) is 6.57. The second-order valence-corrected chi connectivity index (χ2v) is 4.49. The molecule has 1 rings (SSSR count). The van der Waals surface area contributed by atoms with Gasteiger partial charge in [0.2, 0.25) is 0 Å². The third kappa shape index (κ3) is 4.26. The van der Waals surface area contributed by atoms with Gasteiger partial charge in [-0.25, -0.2) is 0 Å². The lowest BCUT2D eigenvalue weighted by Crippen LogP contribution is -2.07. The van der Waals surface area contributed by atoms with Crippen molar-refractivity contribution in [1.29, 1.82) is 0 Å². The molecule has 0 spiro atoms. The summed E-state index contributed by atoms with van der Waals surface area (Å²) in [6.45, 7) is 0. The Bertz CT molecular complexity index is 352. The number of carboxylic acids is 1. The summed E-state index contributed by atoms with van der Waals surface area (Å²) in [6, 6.07) is 7.86. The van der Waals surface area contributed by atoms with Crippen LogP contribution in [0, 0.1) is 0 Å². The zero-order chi connectivity index (χ0) is 12.0. The van der Waals surface area contributed by atoms with Gasteiger partial charge in [0.15, 0.2) is 0 Å². The molecule has 0 fully saturated rings. The summed E-state index contributed by atoms with van der Waals surface area (Å²) in [7, 11) is 1.64. The average Bonchev–Trinajstić information content (AvgIpc) is 2.29. The van der Waals surface area contributed by atoms with Crippen LogP contribution < -0.4 is 4.74 Å². The molecule has 1 N–H and O–H groups in total. The quantitative estimate of drug-likeness (QED) is 0.766. The largest absolute Gasteiger partial charge is 0.497 e. The fourth-order valence-electron chi connectivity index (χ4n) is 1.48. The molecule has 0 amide bonds. The van der Waals surface area contributed by atoms with Crippen LogP contribution in [0.25, 0.3) is 0 Å². The van der Waals surface area contributed by atoms with E-state index < -0.39 is 5.97 Å². The Balaban J connectivity index is 2.39. The molecule has 1 atom stereocenters. The molecule has 16 heavy (non-hydrogen) atoms. The predicted molar refractivity (Wildman–Crippen MR) is 63.1 cm³/mol. The van der Waals surface area contributed by atoms with Crippen LogP contribution in [0.2, 0.25) is 4.78 Å². The maximum atomic E-state index is 10.6. The first kappa shape index (κ1) is 13.1. The highest BCUT2D eigenvalue weighted by Crippen LogP contribution is 2.16. The van der Waals surface area contributed by atoms with E-state index in [0.717, 1.165) is 18.6 Å². The summed E-state index contributed by atoms with van der Waals surface area (Å²) in [6.07, 6.45) is 2.43. The van der Waals surface area contributed by atoms with Crippen molar-refractivity contribution in [3.63, 3.8) is 0 Å². The molecule has 1 unspecified atom stereocenters. The molecular formula is C12H15AlO3. The van der Waals surface area contributed by atoms with Crippen LogP contribution in [0.4, 0.5) is 0 Å². The van der Waals surface area contributed by atoms with E-state index in [2.05, 4.69) is 16.3 Å². The fraction of sp³-hybridized carbons (Fsp3) is 0.417. The molecule has 84 valence electrons. The van der Waals surface area contributed by atoms with Crippen LogP contribution in [-0.2, 0) is 11.2 Å². The zero-order valence-corrected chi connectivity index (χ0v) is 10.5. The number of benzene rings is 1. The predicted octanol–water partition coefficient (Wildman–Crippen LogP) is 2.06. The summed E-state index contributed by atoms with van der Waals surface area (Å²) >= 11 is 2.36. The van der Waals surface area contributed by atoms with Gasteiger partial charge in [-0.2, -0.15) is 0 Å². The summed E-state index contributed by atoms with van der Waals surface area (Å²) in [5.41, 5.74) is 1.18. The first-order valence-corrected chi connectivity index (χ1v) is 5.91. The minimum atomic E-state index is -0.754. The molecule has 0 aliphatic heterocycles. The molecule has 0 heterocycles. The summed E-state index contributed by atoms with van der Waals surface area (Å²) < 4.78 is 4.78. The van der Waals surface area contributed by atoms with Crippen LogP contribution in [-0.4, -0.2) is 34.5 Å². The molecule has 0 aromatic heterocycles. The molecule has 0 saturated carbocycles. The van der Waals surface area contributed by atoms with Gasteiger partial charge in [-0.05, 0) is 35.3 Å². The maximum Gasteiger partial charge on any atom is 0.290 e. The minimum Gasteiger partial charge on any atom is -0.497 e. The van der Waals surface area contributed by atoms with E-state index >= 15 is 0 Å². The molecule has 0 bridgehead atoms. The molecule has 0 saturated heterocycles. The van der Waals surface area contributed by atoms with Crippen molar-refractivity contribution in [3.05, 3.63) is 29.8 Å². The Kier molecular flexibility index (Phi) is 5.38. The lowest BCUT2D eigenvalue weighted by atomic mass is 10.1. The molecular weight excluding hydrogens is 219 g/mol. The number of hydrogen-bond acceptors (Lipinski definition) is 2. The Morgan fingerprint density at radius 2 is 2.31 bits per heavy atom. The molecule has 0 aliphatic rings. The van der Waals surface area contributed by atoms with Crippen molar-refractivity contribution >= 4 is 22.3 Å². The van der Waals surface area contributed by atoms with Crippen LogP contribution >= 0.6 is 0 Å². The topological polar surface area (TPSA) is 46.5 Å². The van der Waals surface area contributed by atoms with Gasteiger partial charge in [-0.3, -0.25) is 4.79 Å². The smallest absolute Gasteiger partial charge is 0.290 e. The van der Waals surface area contributed by atoms with Crippen molar-refractivity contribution in [2.75, 3.05) is 7.11 Å². The van der Waals surface area contributed by atoms with E-state index in [4.69, 9.17) is 9.84 Å². The van der Waals surface area contributed by atoms with Crippen molar-refractivity contribution in [1.82, 2.24) is 0 Å². The number of ether oxygens (including phenoxy) is 1. The summed E-state index contributed by atoms with van der Waals surface area (Å²) in [4.78, 5) is 10.6. The van der Waals surface area contributed by atoms with Gasteiger partial charge in [0.1, 0.15) is 22.0 Å². The second-order valence-electron chi connectivity index (χ2n) is 3.69. The van der Waals surface area contributed by atoms with Gasteiger partial charge >= 0.3 is 0 Å². The fourth-order valence-corrected chi connectivity index (χ4v) is 1.71. The van der Waals surface area contributed by atoms with Gasteiger partial charge in [-0.15, -0.1) is 0 Å². The molecule has 1 aromatic carbocycles. The van der Waals surface area contributed by atoms with Gasteiger partial charge in [0.05, 0.1) is 7.11 Å². The molecule has 4 heteroatoms. The van der Waals surface area contributed by atoms with Crippen molar-refractivity contribution in [2.24, 2.45) is 0 Å². The van der Waals surface area contributed by atoms with Gasteiger partial charge in [0, 0.05) is 0 Å². The number of rotatable bonds is 6. The van der Waals surface area contributed by atoms with E-state index in [9.17, 15) is 4.79 Å². The lowest BCUT2D eigenvalue weighted by molar-refractivity contribution is -0.137. The summed E-state index contributed by atoms with van der Waals surface area (Å²) in [5, 5.41) is 8.72. The molecule has 0 aliphatic carbocycles. The van der Waals surface area contributed by atoms with Crippen LogP contribution in [0.1, 0.15) is 18.4 Å². The Hall–Kier alpha value is -0.978. The standard InChI is InChI=1S/C12H15O3.Al/c1-15-11-7-4-6-10(9-11)5-2-3-8-12(13)14;/h4,6-9H,2-3,5H2,1H3,(H,13,14);. The molecule has 3 nitrogen and oxygen atoms in total. The third-order valence-electron chi connectivity index (χ3n) is 2.43. The first-order valence-electron chi connectivity index (χ1n) is 5.25. The lowest BCUT2D eigenvalue weighted by Gasteiger charge is -2.07. The number of aliphatic carboxylic acids is 1. The Morgan fingerprint density at radius 3 is 2.94 bits per heavy atom.